The van der Waals surface area contributed by atoms with Crippen LogP contribution < -0.4 is 10.1 Å². The molecule has 0 radical (unpaired) electrons. The number of carbonyl (C=O) groups excluding carboxylic acids is 1. The van der Waals surface area contributed by atoms with Crippen molar-refractivity contribution in [3.8, 4) is 5.75 Å². The van der Waals surface area contributed by atoms with Crippen molar-refractivity contribution in [2.75, 3.05) is 13.2 Å². The molecule has 10 heteroatoms. The molecule has 3 N–H and O–H groups in total. The van der Waals surface area contributed by atoms with E-state index in [1.165, 1.54) is 0 Å². The summed E-state index contributed by atoms with van der Waals surface area (Å²) >= 11 is 0. The second-order valence-corrected chi connectivity index (χ2v) is 17.7. The average Bonchev–Trinajstić information content (AvgIpc) is 2.81. The predicted molar refractivity (Wildman–Crippen MR) is 156 cm³/mol. The number of hydrogen-bond acceptors (Lipinski definition) is 6. The van der Waals surface area contributed by atoms with Crippen molar-refractivity contribution in [3.63, 3.8) is 0 Å². The van der Waals surface area contributed by atoms with E-state index in [0.29, 0.717) is 24.2 Å². The number of ether oxygens (including phenoxy) is 2. The Morgan fingerprint density at radius 2 is 1.50 bits per heavy atom. The molecule has 9 nitrogen and oxygen atoms in total. The van der Waals surface area contributed by atoms with Crippen LogP contribution >= 0.6 is 0 Å². The number of rotatable bonds is 11. The third-order valence-electron chi connectivity index (χ3n) is 7.51. The number of nitrogens with one attached hydrogen (secondary N) is 1. The maximum atomic E-state index is 12.3. The van der Waals surface area contributed by atoms with Gasteiger partial charge in [0.1, 0.15) is 18.0 Å². The van der Waals surface area contributed by atoms with E-state index in [9.17, 15) is 24.6 Å². The van der Waals surface area contributed by atoms with Crippen LogP contribution in [0.15, 0.2) is 35.4 Å². The topological polar surface area (TPSA) is 131 Å². The molecule has 0 aliphatic heterocycles. The van der Waals surface area contributed by atoms with Gasteiger partial charge >= 0.3 is 18.0 Å². The molecule has 1 amide bonds. The molecule has 40 heavy (non-hydrogen) atoms. The molecule has 1 aromatic rings. The standard InChI is InChI=1S/C30H47NO8Si/c1-29(2,3)38-28(36)31-17-18-37-22-13-9-20(10-14-22)19-24(26(32)33)25(27(34)35)21-11-15-23(16-12-21)39-40(7,8)30(4,5)6/h9-10,13-14,21,23H,11-12,15-19H2,1-8H3,(H,31,36)(H,32,33)(H,34,35)/b25-24-. The molecule has 1 aromatic carbocycles. The van der Waals surface area contributed by atoms with Gasteiger partial charge in [-0.25, -0.2) is 14.4 Å². The number of carbonyl (C=O) groups is 3. The Balaban J connectivity index is 2.03. The van der Waals surface area contributed by atoms with E-state index in [1.807, 2.05) is 0 Å². The minimum Gasteiger partial charge on any atom is -0.492 e. The number of carboxylic acids is 2. The minimum atomic E-state index is -1.94. The van der Waals surface area contributed by atoms with E-state index in [4.69, 9.17) is 13.9 Å². The summed E-state index contributed by atoms with van der Waals surface area (Å²) in [5.41, 5.74) is -0.00288. The molecule has 2 rings (SSSR count). The molecular weight excluding hydrogens is 530 g/mol. The first-order chi connectivity index (χ1) is 18.4. The van der Waals surface area contributed by atoms with Gasteiger partial charge in [-0.3, -0.25) is 0 Å². The molecule has 0 unspecified atom stereocenters. The Morgan fingerprint density at radius 1 is 0.925 bits per heavy atom. The Hall–Kier alpha value is -2.85. The Labute approximate surface area is 239 Å². The van der Waals surface area contributed by atoms with Gasteiger partial charge in [-0.15, -0.1) is 0 Å². The molecule has 1 aliphatic rings. The van der Waals surface area contributed by atoms with Crippen molar-refractivity contribution >= 4 is 26.3 Å². The van der Waals surface area contributed by atoms with E-state index in [2.05, 4.69) is 39.2 Å². The van der Waals surface area contributed by atoms with Crippen molar-refractivity contribution in [1.29, 1.82) is 0 Å². The van der Waals surface area contributed by atoms with Gasteiger partial charge in [0.2, 0.25) is 0 Å². The smallest absolute Gasteiger partial charge is 0.407 e. The molecule has 0 heterocycles. The highest BCUT2D eigenvalue weighted by Crippen LogP contribution is 2.41. The fourth-order valence-electron chi connectivity index (χ4n) is 4.44. The number of aliphatic carboxylic acids is 2. The van der Waals surface area contributed by atoms with E-state index in [1.54, 1.807) is 45.0 Å². The lowest BCUT2D eigenvalue weighted by Crippen LogP contribution is -2.44. The average molecular weight is 578 g/mol. The molecule has 0 aromatic heterocycles. The highest BCUT2D eigenvalue weighted by molar-refractivity contribution is 6.74. The summed E-state index contributed by atoms with van der Waals surface area (Å²) < 4.78 is 17.3. The third-order valence-corrected chi connectivity index (χ3v) is 12.0. The summed E-state index contributed by atoms with van der Waals surface area (Å²) in [5, 5.41) is 22.7. The second kappa shape index (κ2) is 13.7. The number of amides is 1. The Morgan fingerprint density at radius 3 is 1.98 bits per heavy atom. The van der Waals surface area contributed by atoms with Crippen LogP contribution in [0.4, 0.5) is 4.79 Å². The Bertz CT molecular complexity index is 1060. The first-order valence-electron chi connectivity index (χ1n) is 14.0. The van der Waals surface area contributed by atoms with Gasteiger partial charge in [-0.05, 0) is 88.2 Å². The van der Waals surface area contributed by atoms with Crippen LogP contribution in [0.3, 0.4) is 0 Å². The lowest BCUT2D eigenvalue weighted by atomic mass is 9.79. The summed E-state index contributed by atoms with van der Waals surface area (Å²) in [7, 11) is -1.94. The predicted octanol–water partition coefficient (Wildman–Crippen LogP) is 6.18. The van der Waals surface area contributed by atoms with Gasteiger partial charge in [0, 0.05) is 12.5 Å². The van der Waals surface area contributed by atoms with Crippen molar-refractivity contribution in [1.82, 2.24) is 5.32 Å². The number of carboxylic acid groups (broad SMARTS) is 2. The van der Waals surface area contributed by atoms with Gasteiger partial charge in [0.05, 0.1) is 17.7 Å². The van der Waals surface area contributed by atoms with Crippen molar-refractivity contribution in [3.05, 3.63) is 41.0 Å². The van der Waals surface area contributed by atoms with Crippen LogP contribution in [0.25, 0.3) is 0 Å². The van der Waals surface area contributed by atoms with Gasteiger partial charge in [0.25, 0.3) is 0 Å². The van der Waals surface area contributed by atoms with Crippen LogP contribution in [0.5, 0.6) is 5.75 Å². The number of hydrogen-bond donors (Lipinski definition) is 3. The summed E-state index contributed by atoms with van der Waals surface area (Å²) in [6.07, 6.45) is 2.16. The fraction of sp³-hybridized carbons (Fsp3) is 0.633. The highest BCUT2D eigenvalue weighted by Gasteiger charge is 2.40. The minimum absolute atomic E-state index is 0.00214. The lowest BCUT2D eigenvalue weighted by Gasteiger charge is -2.41. The van der Waals surface area contributed by atoms with Crippen LogP contribution in [0.1, 0.15) is 72.8 Å². The van der Waals surface area contributed by atoms with Crippen LogP contribution in [-0.2, 0) is 25.2 Å². The van der Waals surface area contributed by atoms with Crippen molar-refractivity contribution in [2.24, 2.45) is 5.92 Å². The lowest BCUT2D eigenvalue weighted by molar-refractivity contribution is -0.136. The largest absolute Gasteiger partial charge is 0.492 e. The van der Waals surface area contributed by atoms with E-state index in [0.717, 1.165) is 12.8 Å². The molecule has 0 atom stereocenters. The summed E-state index contributed by atoms with van der Waals surface area (Å²) in [5.74, 6) is -2.17. The highest BCUT2D eigenvalue weighted by atomic mass is 28.4. The maximum absolute atomic E-state index is 12.3. The summed E-state index contributed by atoms with van der Waals surface area (Å²) in [6, 6.07) is 6.85. The Kier molecular flexibility index (Phi) is 11.4. The zero-order valence-electron chi connectivity index (χ0n) is 25.3. The van der Waals surface area contributed by atoms with Gasteiger partial charge < -0.3 is 29.4 Å². The van der Waals surface area contributed by atoms with Crippen molar-refractivity contribution in [2.45, 2.75) is 103 Å². The molecule has 0 spiro atoms. The van der Waals surface area contributed by atoms with E-state index in [-0.39, 0.29) is 47.8 Å². The monoisotopic (exact) mass is 577 g/mol. The molecule has 1 saturated carbocycles. The quantitative estimate of drug-likeness (QED) is 0.161. The molecule has 0 saturated heterocycles. The van der Waals surface area contributed by atoms with E-state index >= 15 is 0 Å². The number of alkyl carbamates (subject to hydrolysis) is 1. The number of benzene rings is 1. The zero-order valence-corrected chi connectivity index (χ0v) is 26.3. The third kappa shape index (κ3) is 10.3. The molecule has 224 valence electrons. The van der Waals surface area contributed by atoms with Crippen LogP contribution in [0, 0.1) is 5.92 Å². The van der Waals surface area contributed by atoms with Gasteiger partial charge in [-0.2, -0.15) is 0 Å². The fourth-order valence-corrected chi connectivity index (χ4v) is 5.87. The molecular formula is C30H47NO8Si. The zero-order chi connectivity index (χ0) is 30.3. The normalized spacial score (nSPS) is 18.9. The first kappa shape index (κ1) is 33.4. The summed E-state index contributed by atoms with van der Waals surface area (Å²) in [6.45, 7) is 16.8. The molecule has 1 aliphatic carbocycles. The SMILES string of the molecule is CC(C)(C)OC(=O)NCCOc1ccc(C/C(C(=O)O)=C(/C(=O)O)C2CCC(O[Si](C)(C)C(C)(C)C)CC2)cc1. The van der Waals surface area contributed by atoms with E-state index < -0.39 is 32.0 Å². The maximum Gasteiger partial charge on any atom is 0.407 e. The van der Waals surface area contributed by atoms with Gasteiger partial charge in [-0.1, -0.05) is 32.9 Å². The first-order valence-corrected chi connectivity index (χ1v) is 16.9. The van der Waals surface area contributed by atoms with Crippen LogP contribution in [0.2, 0.25) is 18.1 Å². The molecule has 0 bridgehead atoms. The van der Waals surface area contributed by atoms with Crippen LogP contribution in [-0.4, -0.2) is 61.4 Å². The van der Waals surface area contributed by atoms with Gasteiger partial charge in [0.15, 0.2) is 8.32 Å². The van der Waals surface area contributed by atoms with Crippen molar-refractivity contribution < 1.29 is 38.5 Å². The second-order valence-electron chi connectivity index (χ2n) is 13.0. The molecule has 1 fully saturated rings. The summed E-state index contributed by atoms with van der Waals surface area (Å²) in [4.78, 5) is 36.2.